The number of aryl methyl sites for hydroxylation is 1. The Morgan fingerprint density at radius 1 is 1.03 bits per heavy atom. The number of halogens is 1. The molecule has 2 aromatic carbocycles. The zero-order valence-corrected chi connectivity index (χ0v) is 19.2. The Labute approximate surface area is 191 Å². The number of hydrogen-bond acceptors (Lipinski definition) is 5. The second-order valence-corrected chi connectivity index (χ2v) is 7.01. The van der Waals surface area contributed by atoms with E-state index in [9.17, 15) is 14.0 Å². The lowest BCUT2D eigenvalue weighted by Gasteiger charge is -2.08. The maximum absolute atomic E-state index is 13.4. The molecule has 1 amide bonds. The second kappa shape index (κ2) is 10.1. The number of carbonyl (C=O) groups is 2. The lowest BCUT2D eigenvalue weighted by Crippen LogP contribution is -2.18. The molecule has 1 N–H and O–H groups in total. The van der Waals surface area contributed by atoms with Crippen LogP contribution in [-0.4, -0.2) is 31.0 Å². The predicted octanol–water partition coefficient (Wildman–Crippen LogP) is 5.78. The third-order valence-electron chi connectivity index (χ3n) is 5.07. The Morgan fingerprint density at radius 2 is 1.73 bits per heavy atom. The summed E-state index contributed by atoms with van der Waals surface area (Å²) in [5.74, 6) is -0.833. The summed E-state index contributed by atoms with van der Waals surface area (Å²) in [4.78, 5) is 28.8. The average Bonchev–Trinajstić information content (AvgIpc) is 3.22. The molecule has 0 bridgehead atoms. The molecule has 0 aliphatic carbocycles. The van der Waals surface area contributed by atoms with Gasteiger partial charge in [0.15, 0.2) is 0 Å². The molecule has 4 rings (SSSR count). The number of aromatic nitrogens is 1. The number of hydrogen-bond donors (Lipinski definition) is 1. The van der Waals surface area contributed by atoms with Crippen molar-refractivity contribution in [2.24, 2.45) is 0 Å². The zero-order chi connectivity index (χ0) is 24.1. The summed E-state index contributed by atoms with van der Waals surface area (Å²) in [7, 11) is 2.85. The summed E-state index contributed by atoms with van der Waals surface area (Å²) < 4.78 is 24.2. The number of amides is 1. The number of benzene rings is 2. The van der Waals surface area contributed by atoms with Gasteiger partial charge in [-0.15, -0.1) is 0 Å². The Hall–Kier alpha value is -4.00. The van der Waals surface area contributed by atoms with Crippen molar-refractivity contribution in [3.8, 4) is 22.5 Å². The lowest BCUT2D eigenvalue weighted by molar-refractivity contribution is 0.0600. The fourth-order valence-electron chi connectivity index (χ4n) is 3.53. The number of furan rings is 1. The first-order chi connectivity index (χ1) is 15.9. The molecule has 0 aliphatic rings. The zero-order valence-electron chi connectivity index (χ0n) is 19.2. The van der Waals surface area contributed by atoms with Gasteiger partial charge in [-0.25, -0.2) is 9.18 Å². The highest BCUT2D eigenvalue weighted by atomic mass is 19.1. The molecule has 0 fully saturated rings. The van der Waals surface area contributed by atoms with Crippen molar-refractivity contribution in [3.05, 3.63) is 77.4 Å². The summed E-state index contributed by atoms with van der Waals surface area (Å²) in [6.45, 7) is 5.90. The maximum atomic E-state index is 13.4. The number of nitrogens with zero attached hydrogens (tertiary/aromatic N) is 1. The summed E-state index contributed by atoms with van der Waals surface area (Å²) in [6.07, 6.45) is 3.07. The monoisotopic (exact) mass is 448 g/mol. The Kier molecular flexibility index (Phi) is 7.23. The Balaban J connectivity index is 0.00000149. The van der Waals surface area contributed by atoms with Crippen molar-refractivity contribution in [3.63, 3.8) is 0 Å². The topological polar surface area (TPSA) is 81.4 Å². The van der Waals surface area contributed by atoms with E-state index in [0.29, 0.717) is 39.0 Å². The first-order valence-corrected chi connectivity index (χ1v) is 10.5. The number of carbonyl (C=O) groups excluding carboxylic acids is 2. The van der Waals surface area contributed by atoms with Crippen molar-refractivity contribution in [1.29, 1.82) is 0 Å². The van der Waals surface area contributed by atoms with E-state index in [0.717, 1.165) is 11.1 Å². The normalized spacial score (nSPS) is 10.4. The quantitative estimate of drug-likeness (QED) is 0.400. The molecule has 4 aromatic rings. The SMILES string of the molecule is CC.CNC(=O)c1c(-c2ccc(F)cc2)oc2cc(C)c(-c3cncc(C(=O)OC)c3)cc12. The molecule has 0 spiro atoms. The molecule has 0 radical (unpaired) electrons. The molecular weight excluding hydrogens is 423 g/mol. The number of ether oxygens (including phenoxy) is 1. The highest BCUT2D eigenvalue weighted by molar-refractivity contribution is 6.12. The molecule has 2 heterocycles. The third-order valence-corrected chi connectivity index (χ3v) is 5.07. The molecule has 0 atom stereocenters. The fourth-order valence-corrected chi connectivity index (χ4v) is 3.53. The smallest absolute Gasteiger partial charge is 0.339 e. The molecule has 170 valence electrons. The van der Waals surface area contributed by atoms with Crippen LogP contribution in [0, 0.1) is 12.7 Å². The molecule has 7 heteroatoms. The number of esters is 1. The van der Waals surface area contributed by atoms with Crippen LogP contribution in [0.4, 0.5) is 4.39 Å². The Bertz CT molecular complexity index is 1310. The van der Waals surface area contributed by atoms with Crippen molar-refractivity contribution in [1.82, 2.24) is 10.3 Å². The van der Waals surface area contributed by atoms with E-state index < -0.39 is 5.97 Å². The molecule has 33 heavy (non-hydrogen) atoms. The van der Waals surface area contributed by atoms with Gasteiger partial charge >= 0.3 is 5.97 Å². The van der Waals surface area contributed by atoms with E-state index in [1.54, 1.807) is 24.4 Å². The van der Waals surface area contributed by atoms with E-state index in [1.807, 2.05) is 32.9 Å². The Morgan fingerprint density at radius 3 is 2.36 bits per heavy atom. The fraction of sp³-hybridized carbons (Fsp3) is 0.192. The van der Waals surface area contributed by atoms with Gasteiger partial charge in [0.2, 0.25) is 0 Å². The van der Waals surface area contributed by atoms with E-state index in [4.69, 9.17) is 9.15 Å². The van der Waals surface area contributed by atoms with Gasteiger partial charge in [-0.1, -0.05) is 13.8 Å². The second-order valence-electron chi connectivity index (χ2n) is 7.01. The van der Waals surface area contributed by atoms with Crippen molar-refractivity contribution >= 4 is 22.8 Å². The number of pyridine rings is 1. The summed E-state index contributed by atoms with van der Waals surface area (Å²) >= 11 is 0. The minimum Gasteiger partial charge on any atom is -0.465 e. The highest BCUT2D eigenvalue weighted by Gasteiger charge is 2.23. The van der Waals surface area contributed by atoms with E-state index in [1.165, 1.54) is 32.5 Å². The largest absolute Gasteiger partial charge is 0.465 e. The van der Waals surface area contributed by atoms with E-state index in [-0.39, 0.29) is 11.7 Å². The van der Waals surface area contributed by atoms with Crippen LogP contribution in [0.5, 0.6) is 0 Å². The van der Waals surface area contributed by atoms with Crippen molar-refractivity contribution in [2.75, 3.05) is 14.2 Å². The standard InChI is InChI=1S/C24H19FN2O4.C2H6/c1-13-8-20-19(10-18(13)15-9-16(12-27-11-15)24(29)30-3)21(23(28)26-2)22(31-20)14-4-6-17(25)7-5-14;1-2/h4-12H,1-3H3,(H,26,28);1-2H3. The molecule has 0 saturated heterocycles. The van der Waals surface area contributed by atoms with Crippen molar-refractivity contribution in [2.45, 2.75) is 20.8 Å². The van der Waals surface area contributed by atoms with Crippen molar-refractivity contribution < 1.29 is 23.1 Å². The van der Waals surface area contributed by atoms with Crippen LogP contribution in [0.3, 0.4) is 0 Å². The van der Waals surface area contributed by atoms with Crippen LogP contribution in [0.2, 0.25) is 0 Å². The molecule has 0 unspecified atom stereocenters. The average molecular weight is 448 g/mol. The molecule has 6 nitrogen and oxygen atoms in total. The van der Waals surface area contributed by atoms with Gasteiger partial charge in [0, 0.05) is 36.0 Å². The maximum Gasteiger partial charge on any atom is 0.339 e. The minimum atomic E-state index is -0.485. The van der Waals surface area contributed by atoms with Crippen LogP contribution in [0.15, 0.2) is 59.3 Å². The first-order valence-electron chi connectivity index (χ1n) is 10.5. The van der Waals surface area contributed by atoms with E-state index in [2.05, 4.69) is 10.3 Å². The number of fused-ring (bicyclic) bond motifs is 1. The van der Waals surface area contributed by atoms with E-state index >= 15 is 0 Å². The van der Waals surface area contributed by atoms with Gasteiger partial charge in [-0.3, -0.25) is 9.78 Å². The summed E-state index contributed by atoms with van der Waals surface area (Å²) in [5, 5.41) is 3.24. The first kappa shape index (κ1) is 23.7. The molecule has 0 saturated carbocycles. The van der Waals surface area contributed by atoms with Crippen LogP contribution in [-0.2, 0) is 4.74 Å². The molecule has 2 aromatic heterocycles. The lowest BCUT2D eigenvalue weighted by atomic mass is 9.96. The van der Waals surface area contributed by atoms with Gasteiger partial charge < -0.3 is 14.5 Å². The van der Waals surface area contributed by atoms with Gasteiger partial charge in [0.25, 0.3) is 5.91 Å². The van der Waals surface area contributed by atoms with Gasteiger partial charge in [-0.05, 0) is 60.5 Å². The number of rotatable bonds is 4. The third kappa shape index (κ3) is 4.62. The van der Waals surface area contributed by atoms with Gasteiger partial charge in [-0.2, -0.15) is 0 Å². The summed E-state index contributed by atoms with van der Waals surface area (Å²) in [5.41, 5.74) is 4.16. The van der Waals surface area contributed by atoms with Gasteiger partial charge in [0.1, 0.15) is 17.2 Å². The van der Waals surface area contributed by atoms with Gasteiger partial charge in [0.05, 0.1) is 18.2 Å². The minimum absolute atomic E-state index is 0.324. The number of methoxy groups -OCH3 is 1. The highest BCUT2D eigenvalue weighted by Crippen LogP contribution is 2.37. The molecular formula is C26H25FN2O4. The van der Waals surface area contributed by atoms with Crippen LogP contribution in [0.1, 0.15) is 40.1 Å². The summed E-state index contributed by atoms with van der Waals surface area (Å²) in [6, 6.07) is 11.1. The van der Waals surface area contributed by atoms with Crippen LogP contribution < -0.4 is 5.32 Å². The van der Waals surface area contributed by atoms with Crippen LogP contribution in [0.25, 0.3) is 33.4 Å². The predicted molar refractivity (Wildman–Crippen MR) is 126 cm³/mol. The molecule has 0 aliphatic heterocycles. The number of nitrogens with one attached hydrogen (secondary N) is 1. The van der Waals surface area contributed by atoms with Crippen LogP contribution >= 0.6 is 0 Å².